The van der Waals surface area contributed by atoms with E-state index in [4.69, 9.17) is 4.74 Å². The maximum atomic E-state index is 11.0. The fourth-order valence-electron chi connectivity index (χ4n) is 0.984. The number of carbonyl (C=O) groups excluding carboxylic acids is 1. The van der Waals surface area contributed by atoms with Crippen molar-refractivity contribution < 1.29 is 9.53 Å². The van der Waals surface area contributed by atoms with Gasteiger partial charge in [-0.1, -0.05) is 0 Å². The summed E-state index contributed by atoms with van der Waals surface area (Å²) < 4.78 is 4.85. The number of cyclic esters (lactones) is 1. The van der Waals surface area contributed by atoms with Crippen LogP contribution in [0.3, 0.4) is 0 Å². The zero-order valence-corrected chi connectivity index (χ0v) is 7.04. The number of hydrogen-bond donors (Lipinski definition) is 0. The van der Waals surface area contributed by atoms with Gasteiger partial charge in [-0.25, -0.2) is 4.79 Å². The van der Waals surface area contributed by atoms with Crippen molar-refractivity contribution in [3.63, 3.8) is 0 Å². The number of ether oxygens (including phenoxy) is 1. The predicted octanol–water partition coefficient (Wildman–Crippen LogP) is 1.65. The van der Waals surface area contributed by atoms with Crippen molar-refractivity contribution in [1.29, 1.82) is 0 Å². The Labute approximate surface area is 71.5 Å². The molecule has 1 aromatic heterocycles. The van der Waals surface area contributed by atoms with Crippen molar-refractivity contribution in [3.8, 4) is 0 Å². The number of aromatic nitrogens is 1. The summed E-state index contributed by atoms with van der Waals surface area (Å²) in [5.41, 5.74) is 1.21. The number of fused-ring (bicyclic) bond motifs is 1. The molecule has 11 heavy (non-hydrogen) atoms. The molecule has 1 unspecified atom stereocenters. The molecule has 0 amide bonds. The molecule has 2 heterocycles. The van der Waals surface area contributed by atoms with E-state index in [2.05, 4.69) is 20.9 Å². The normalized spacial score (nSPS) is 21.2. The predicted molar refractivity (Wildman–Crippen MR) is 41.3 cm³/mol. The molecule has 1 atom stereocenters. The molecule has 56 valence electrons. The molecule has 4 heteroatoms. The minimum absolute atomic E-state index is 0.310. The van der Waals surface area contributed by atoms with Crippen LogP contribution in [0.15, 0.2) is 18.3 Å². The molecule has 0 saturated heterocycles. The van der Waals surface area contributed by atoms with Gasteiger partial charge in [0.15, 0.2) is 5.01 Å². The largest absolute Gasteiger partial charge is 0.440 e. The molecular weight excluding hydrogens is 210 g/mol. The number of rotatable bonds is 0. The molecule has 1 aromatic rings. The maximum absolute atomic E-state index is 11.0. The molecule has 1 aliphatic rings. The summed E-state index contributed by atoms with van der Waals surface area (Å²) in [6.45, 7) is 0. The van der Waals surface area contributed by atoms with E-state index in [0.29, 0.717) is 11.3 Å². The third kappa shape index (κ3) is 0.939. The van der Waals surface area contributed by atoms with E-state index in [-0.39, 0.29) is 11.0 Å². The van der Waals surface area contributed by atoms with Gasteiger partial charge in [-0.05, 0) is 28.1 Å². The van der Waals surface area contributed by atoms with Crippen LogP contribution in [-0.2, 0) is 4.74 Å². The average Bonchev–Trinajstić information content (AvgIpc) is 2.30. The summed E-state index contributed by atoms with van der Waals surface area (Å²) in [5.74, 6) is -0.310. The molecule has 0 saturated carbocycles. The van der Waals surface area contributed by atoms with E-state index in [1.54, 1.807) is 18.3 Å². The Morgan fingerprint density at radius 1 is 1.64 bits per heavy atom. The second-order valence-electron chi connectivity index (χ2n) is 2.16. The van der Waals surface area contributed by atoms with Crippen molar-refractivity contribution in [2.75, 3.05) is 0 Å². The Bertz CT molecular complexity index is 313. The van der Waals surface area contributed by atoms with Crippen LogP contribution >= 0.6 is 15.9 Å². The van der Waals surface area contributed by atoms with Gasteiger partial charge in [-0.15, -0.1) is 0 Å². The van der Waals surface area contributed by atoms with Gasteiger partial charge in [-0.3, -0.25) is 4.98 Å². The topological polar surface area (TPSA) is 39.2 Å². The van der Waals surface area contributed by atoms with Crippen molar-refractivity contribution in [2.45, 2.75) is 5.01 Å². The second kappa shape index (κ2) is 2.30. The van der Waals surface area contributed by atoms with Crippen LogP contribution in [0.4, 0.5) is 0 Å². The molecule has 3 nitrogen and oxygen atoms in total. The zero-order valence-electron chi connectivity index (χ0n) is 5.45. The summed E-state index contributed by atoms with van der Waals surface area (Å²) in [4.78, 5) is 15.0. The number of alkyl halides is 1. The average molecular weight is 214 g/mol. The molecule has 0 bridgehead atoms. The molecule has 0 fully saturated rings. The van der Waals surface area contributed by atoms with Gasteiger partial charge in [0.1, 0.15) is 5.69 Å². The van der Waals surface area contributed by atoms with E-state index in [0.717, 1.165) is 0 Å². The van der Waals surface area contributed by atoms with Crippen LogP contribution in [0, 0.1) is 0 Å². The fraction of sp³-hybridized carbons (Fsp3) is 0.143. The molecule has 2 rings (SSSR count). The van der Waals surface area contributed by atoms with Gasteiger partial charge in [0.05, 0.1) is 5.56 Å². The Hall–Kier alpha value is -0.900. The third-order valence-electron chi connectivity index (χ3n) is 1.48. The highest BCUT2D eigenvalue weighted by atomic mass is 79.9. The Kier molecular flexibility index (Phi) is 1.42. The number of halogens is 1. The van der Waals surface area contributed by atoms with Crippen molar-refractivity contribution >= 4 is 21.9 Å². The quantitative estimate of drug-likeness (QED) is 0.486. The smallest absolute Gasteiger partial charge is 0.341 e. The first kappa shape index (κ1) is 6.79. The van der Waals surface area contributed by atoms with Gasteiger partial charge in [0.25, 0.3) is 0 Å². The summed E-state index contributed by atoms with van der Waals surface area (Å²) in [7, 11) is 0. The first-order valence-electron chi connectivity index (χ1n) is 3.09. The lowest BCUT2D eigenvalue weighted by Crippen LogP contribution is -1.93. The highest BCUT2D eigenvalue weighted by Gasteiger charge is 2.29. The summed E-state index contributed by atoms with van der Waals surface area (Å²) in [6.07, 6.45) is 1.63. The summed E-state index contributed by atoms with van der Waals surface area (Å²) >= 11 is 3.17. The highest BCUT2D eigenvalue weighted by Crippen LogP contribution is 2.32. The van der Waals surface area contributed by atoms with Crippen LogP contribution in [0.1, 0.15) is 21.1 Å². The third-order valence-corrected chi connectivity index (χ3v) is 2.10. The van der Waals surface area contributed by atoms with Crippen LogP contribution in [0.25, 0.3) is 0 Å². The molecule has 0 aromatic carbocycles. The first-order valence-corrected chi connectivity index (χ1v) is 4.00. The van der Waals surface area contributed by atoms with Gasteiger partial charge < -0.3 is 4.74 Å². The second-order valence-corrected chi connectivity index (χ2v) is 2.99. The van der Waals surface area contributed by atoms with E-state index in [1.165, 1.54) is 0 Å². The molecule has 0 aliphatic carbocycles. The van der Waals surface area contributed by atoms with Crippen LogP contribution in [0.5, 0.6) is 0 Å². The number of esters is 1. The summed E-state index contributed by atoms with van der Waals surface area (Å²) in [5, 5.41) is -0.369. The van der Waals surface area contributed by atoms with Gasteiger partial charge in [-0.2, -0.15) is 0 Å². The lowest BCUT2D eigenvalue weighted by Gasteiger charge is -1.96. The molecule has 0 spiro atoms. The van der Waals surface area contributed by atoms with E-state index in [1.807, 2.05) is 0 Å². The monoisotopic (exact) mass is 213 g/mol. The number of hydrogen-bond acceptors (Lipinski definition) is 3. The molecule has 1 aliphatic heterocycles. The SMILES string of the molecule is O=C1OC(Br)c2ncccc21. The van der Waals surface area contributed by atoms with Crippen LogP contribution in [-0.4, -0.2) is 11.0 Å². The van der Waals surface area contributed by atoms with Gasteiger partial charge >= 0.3 is 5.97 Å². The number of carbonyl (C=O) groups is 1. The van der Waals surface area contributed by atoms with E-state index in [9.17, 15) is 4.79 Å². The minimum Gasteiger partial charge on any atom is -0.440 e. The minimum atomic E-state index is -0.369. The standard InChI is InChI=1S/C7H4BrNO2/c8-6-5-4(7(10)11-6)2-1-3-9-5/h1-3,6H. The van der Waals surface area contributed by atoms with Gasteiger partial charge in [0, 0.05) is 6.20 Å². The fourth-order valence-corrected chi connectivity index (χ4v) is 1.52. The zero-order chi connectivity index (χ0) is 7.84. The van der Waals surface area contributed by atoms with Crippen LogP contribution < -0.4 is 0 Å². The molecule has 0 radical (unpaired) electrons. The Morgan fingerprint density at radius 2 is 2.45 bits per heavy atom. The lowest BCUT2D eigenvalue weighted by atomic mass is 10.2. The van der Waals surface area contributed by atoms with Gasteiger partial charge in [0.2, 0.25) is 0 Å². The highest BCUT2D eigenvalue weighted by molar-refractivity contribution is 9.09. The first-order chi connectivity index (χ1) is 5.29. The van der Waals surface area contributed by atoms with Crippen molar-refractivity contribution in [2.24, 2.45) is 0 Å². The molecule has 0 N–H and O–H groups in total. The summed E-state index contributed by atoms with van der Waals surface area (Å²) in [6, 6.07) is 3.41. The van der Waals surface area contributed by atoms with E-state index < -0.39 is 0 Å². The number of nitrogens with zero attached hydrogens (tertiary/aromatic N) is 1. The number of pyridine rings is 1. The van der Waals surface area contributed by atoms with Crippen LogP contribution in [0.2, 0.25) is 0 Å². The van der Waals surface area contributed by atoms with Crippen molar-refractivity contribution in [1.82, 2.24) is 4.98 Å². The maximum Gasteiger partial charge on any atom is 0.341 e. The Morgan fingerprint density at radius 3 is 3.18 bits per heavy atom. The Balaban J connectivity index is 2.60. The molecular formula is C7H4BrNO2. The lowest BCUT2D eigenvalue weighted by molar-refractivity contribution is 0.0528. The van der Waals surface area contributed by atoms with E-state index >= 15 is 0 Å². The van der Waals surface area contributed by atoms with Crippen molar-refractivity contribution in [3.05, 3.63) is 29.6 Å².